The Labute approximate surface area is 157 Å². The van der Waals surface area contributed by atoms with Gasteiger partial charge in [-0.1, -0.05) is 43.0 Å². The Bertz CT molecular complexity index is 878. The van der Waals surface area contributed by atoms with Crippen LogP contribution in [0, 0.1) is 0 Å². The van der Waals surface area contributed by atoms with E-state index in [2.05, 4.69) is 34.2 Å². The smallest absolute Gasteiger partial charge is 0.233 e. The second kappa shape index (κ2) is 7.79. The van der Waals surface area contributed by atoms with Crippen molar-refractivity contribution in [3.05, 3.63) is 29.8 Å². The van der Waals surface area contributed by atoms with E-state index in [1.807, 2.05) is 12.1 Å². The zero-order valence-electron chi connectivity index (χ0n) is 14.8. The van der Waals surface area contributed by atoms with Gasteiger partial charge in [-0.05, 0) is 18.4 Å². The lowest BCUT2D eigenvalue weighted by molar-refractivity contribution is -0.128. The van der Waals surface area contributed by atoms with Crippen LogP contribution in [-0.4, -0.2) is 64.8 Å². The van der Waals surface area contributed by atoms with Gasteiger partial charge in [-0.2, -0.15) is 0 Å². The van der Waals surface area contributed by atoms with Gasteiger partial charge >= 0.3 is 0 Å². The van der Waals surface area contributed by atoms with E-state index in [-0.39, 0.29) is 29.2 Å². The average Bonchev–Trinajstić information content (AvgIpc) is 3.25. The maximum absolute atomic E-state index is 12.3. The van der Waals surface area contributed by atoms with Gasteiger partial charge in [0.15, 0.2) is 15.7 Å². The molecule has 1 amide bonds. The summed E-state index contributed by atoms with van der Waals surface area (Å²) < 4.78 is 23.1. The van der Waals surface area contributed by atoms with Gasteiger partial charge in [0.05, 0.1) is 17.3 Å². The molecule has 1 aliphatic heterocycles. The minimum absolute atomic E-state index is 0.0540. The van der Waals surface area contributed by atoms with Gasteiger partial charge in [-0.25, -0.2) is 13.4 Å². The molecule has 9 heteroatoms. The highest BCUT2D eigenvalue weighted by Crippen LogP contribution is 2.21. The van der Waals surface area contributed by atoms with E-state index in [1.165, 1.54) is 22.2 Å². The normalized spacial score (nSPS) is 18.8. The largest absolute Gasteiger partial charge is 0.341 e. The van der Waals surface area contributed by atoms with Crippen LogP contribution < -0.4 is 0 Å². The molecule has 1 aliphatic rings. The first kappa shape index (κ1) is 18.9. The van der Waals surface area contributed by atoms with Crippen LogP contribution in [-0.2, 0) is 21.1 Å². The zero-order chi connectivity index (χ0) is 18.7. The first-order valence-electron chi connectivity index (χ1n) is 8.48. The molecular formula is C17H22N4O3S2. The van der Waals surface area contributed by atoms with E-state index in [0.717, 1.165) is 12.0 Å². The molecule has 0 bridgehead atoms. The Morgan fingerprint density at radius 1 is 1.35 bits per heavy atom. The van der Waals surface area contributed by atoms with Crippen molar-refractivity contribution >= 4 is 27.5 Å². The van der Waals surface area contributed by atoms with Crippen LogP contribution in [0.3, 0.4) is 0 Å². The van der Waals surface area contributed by atoms with Crippen molar-refractivity contribution in [3.63, 3.8) is 0 Å². The molecule has 1 fully saturated rings. The molecule has 1 aromatic heterocycles. The Balaban J connectivity index is 1.56. The number of benzene rings is 1. The van der Waals surface area contributed by atoms with Gasteiger partial charge < -0.3 is 4.90 Å². The quantitative estimate of drug-likeness (QED) is 0.750. The molecule has 1 aromatic carbocycles. The Kier molecular flexibility index (Phi) is 5.67. The molecule has 2 aromatic rings. The molecule has 0 aliphatic carbocycles. The summed E-state index contributed by atoms with van der Waals surface area (Å²) >= 11 is 1.24. The van der Waals surface area contributed by atoms with Gasteiger partial charge in [0.1, 0.15) is 0 Å². The first-order valence-corrected chi connectivity index (χ1v) is 11.3. The molecule has 3 rings (SSSR count). The van der Waals surface area contributed by atoms with E-state index in [9.17, 15) is 13.2 Å². The van der Waals surface area contributed by atoms with Crippen LogP contribution in [0.1, 0.15) is 18.9 Å². The molecule has 26 heavy (non-hydrogen) atoms. The van der Waals surface area contributed by atoms with Gasteiger partial charge in [0.2, 0.25) is 11.1 Å². The summed E-state index contributed by atoms with van der Waals surface area (Å²) in [6.07, 6.45) is 1.49. The number of rotatable bonds is 6. The fourth-order valence-electron chi connectivity index (χ4n) is 2.85. The van der Waals surface area contributed by atoms with Crippen molar-refractivity contribution in [2.24, 2.45) is 0 Å². The summed E-state index contributed by atoms with van der Waals surface area (Å²) in [5.74, 6) is 0.940. The van der Waals surface area contributed by atoms with E-state index in [0.29, 0.717) is 17.4 Å². The van der Waals surface area contributed by atoms with Crippen LogP contribution in [0.5, 0.6) is 0 Å². The highest BCUT2D eigenvalue weighted by Gasteiger charge is 2.32. The number of hydrogen-bond acceptors (Lipinski definition) is 6. The number of sulfone groups is 1. The number of aryl methyl sites for hydroxylation is 1. The lowest BCUT2D eigenvalue weighted by Crippen LogP contribution is -2.38. The maximum Gasteiger partial charge on any atom is 0.233 e. The van der Waals surface area contributed by atoms with E-state index in [4.69, 9.17) is 0 Å². The van der Waals surface area contributed by atoms with Crippen LogP contribution >= 0.6 is 11.8 Å². The summed E-state index contributed by atoms with van der Waals surface area (Å²) in [7, 11) is -1.34. The van der Waals surface area contributed by atoms with Gasteiger partial charge in [0, 0.05) is 18.7 Å². The average molecular weight is 395 g/mol. The van der Waals surface area contributed by atoms with Gasteiger partial charge in [-0.3, -0.25) is 9.89 Å². The minimum atomic E-state index is -3.00. The van der Waals surface area contributed by atoms with Crippen molar-refractivity contribution in [3.8, 4) is 11.4 Å². The van der Waals surface area contributed by atoms with Crippen molar-refractivity contribution in [1.82, 2.24) is 20.1 Å². The third kappa shape index (κ3) is 4.45. The van der Waals surface area contributed by atoms with Crippen LogP contribution in [0.4, 0.5) is 0 Å². The highest BCUT2D eigenvalue weighted by molar-refractivity contribution is 7.99. The summed E-state index contributed by atoms with van der Waals surface area (Å²) in [6.45, 7) is 2.10. The molecule has 0 unspecified atom stereocenters. The summed E-state index contributed by atoms with van der Waals surface area (Å²) in [5, 5.41) is 7.54. The SMILES string of the molecule is CCc1ccc(-c2nc(SCC(=O)N(C)[C@H]3CCS(=O)(=O)C3)n[nH]2)cc1. The molecular weight excluding hydrogens is 372 g/mol. The fraction of sp³-hybridized carbons (Fsp3) is 0.471. The number of hydrogen-bond donors (Lipinski definition) is 1. The molecule has 2 heterocycles. The Hall–Kier alpha value is -1.87. The molecule has 1 atom stereocenters. The number of H-pyrrole nitrogens is 1. The number of nitrogens with zero attached hydrogens (tertiary/aromatic N) is 3. The second-order valence-corrected chi connectivity index (χ2v) is 9.54. The second-order valence-electron chi connectivity index (χ2n) is 6.37. The van der Waals surface area contributed by atoms with E-state index >= 15 is 0 Å². The van der Waals surface area contributed by atoms with Gasteiger partial charge in [-0.15, -0.1) is 5.10 Å². The third-order valence-electron chi connectivity index (χ3n) is 4.57. The van der Waals surface area contributed by atoms with Crippen LogP contribution in [0.15, 0.2) is 29.4 Å². The predicted octanol–water partition coefficient (Wildman–Crippen LogP) is 1.77. The summed E-state index contributed by atoms with van der Waals surface area (Å²) in [5.41, 5.74) is 2.20. The summed E-state index contributed by atoms with van der Waals surface area (Å²) in [6, 6.07) is 7.87. The lowest BCUT2D eigenvalue weighted by Gasteiger charge is -2.22. The lowest BCUT2D eigenvalue weighted by atomic mass is 10.1. The molecule has 0 saturated carbocycles. The highest BCUT2D eigenvalue weighted by atomic mass is 32.2. The van der Waals surface area contributed by atoms with E-state index in [1.54, 1.807) is 7.05 Å². The number of thioether (sulfide) groups is 1. The molecule has 0 spiro atoms. The van der Waals surface area contributed by atoms with Gasteiger partial charge in [0.25, 0.3) is 0 Å². The number of nitrogens with one attached hydrogen (secondary N) is 1. The Morgan fingerprint density at radius 3 is 2.69 bits per heavy atom. The van der Waals surface area contributed by atoms with Crippen molar-refractivity contribution in [1.29, 1.82) is 0 Å². The standard InChI is InChI=1S/C17H22N4O3S2/c1-3-12-4-6-13(7-5-12)16-18-17(20-19-16)25-10-15(22)21(2)14-8-9-26(23,24)11-14/h4-7,14H,3,8-11H2,1-2H3,(H,18,19,20)/t14-/m0/s1. The molecule has 1 N–H and O–H groups in total. The number of aromatic amines is 1. The number of carbonyl (C=O) groups excluding carboxylic acids is 1. The predicted molar refractivity (Wildman–Crippen MR) is 102 cm³/mol. The number of aromatic nitrogens is 3. The maximum atomic E-state index is 12.3. The topological polar surface area (TPSA) is 96.0 Å². The van der Waals surface area contributed by atoms with Crippen molar-refractivity contribution in [2.45, 2.75) is 31.0 Å². The van der Waals surface area contributed by atoms with Crippen LogP contribution in [0.25, 0.3) is 11.4 Å². The van der Waals surface area contributed by atoms with Crippen molar-refractivity contribution in [2.75, 3.05) is 24.3 Å². The summed E-state index contributed by atoms with van der Waals surface area (Å²) in [4.78, 5) is 18.3. The number of amides is 1. The first-order chi connectivity index (χ1) is 12.4. The fourth-order valence-corrected chi connectivity index (χ4v) is 5.35. The molecule has 140 valence electrons. The van der Waals surface area contributed by atoms with E-state index < -0.39 is 9.84 Å². The minimum Gasteiger partial charge on any atom is -0.341 e. The van der Waals surface area contributed by atoms with Crippen molar-refractivity contribution < 1.29 is 13.2 Å². The third-order valence-corrected chi connectivity index (χ3v) is 7.16. The molecule has 7 nitrogen and oxygen atoms in total. The number of carbonyl (C=O) groups is 1. The molecule has 0 radical (unpaired) electrons. The Morgan fingerprint density at radius 2 is 2.08 bits per heavy atom. The zero-order valence-corrected chi connectivity index (χ0v) is 16.4. The molecule has 1 saturated heterocycles. The van der Waals surface area contributed by atoms with Crippen LogP contribution in [0.2, 0.25) is 0 Å². The monoisotopic (exact) mass is 394 g/mol.